The lowest BCUT2D eigenvalue weighted by Gasteiger charge is -2.30. The van der Waals surface area contributed by atoms with Crippen LogP contribution in [0.25, 0.3) is 0 Å². The number of aryl methyl sites for hydroxylation is 1. The third-order valence-electron chi connectivity index (χ3n) is 2.75. The minimum Gasteiger partial charge on any atom is -0.0656 e. The van der Waals surface area contributed by atoms with Crippen molar-refractivity contribution < 1.29 is 0 Å². The molecule has 0 fully saturated rings. The zero-order valence-electron chi connectivity index (χ0n) is 8.45. The lowest BCUT2D eigenvalue weighted by Crippen LogP contribution is -2.43. The topological polar surface area (TPSA) is 0 Å². The van der Waals surface area contributed by atoms with Crippen LogP contribution in [0.2, 0.25) is 19.6 Å². The minimum absolute atomic E-state index is 1.15. The molecule has 1 aliphatic rings. The zero-order valence-corrected chi connectivity index (χ0v) is 11.0. The molecule has 0 bridgehead atoms. The molecule has 0 unspecified atom stereocenters. The number of hydrogen-bond acceptors (Lipinski definition) is 0. The van der Waals surface area contributed by atoms with Crippen molar-refractivity contribution in [1.29, 1.82) is 0 Å². The van der Waals surface area contributed by atoms with Crippen LogP contribution in [0.4, 0.5) is 0 Å². The molecule has 0 radical (unpaired) electrons. The summed E-state index contributed by atoms with van der Waals surface area (Å²) in [5.74, 6) is 0. The van der Waals surface area contributed by atoms with E-state index < -0.39 is 8.07 Å². The molecule has 0 saturated carbocycles. The fourth-order valence-electron chi connectivity index (χ4n) is 2.08. The maximum absolute atomic E-state index is 3.69. The molecule has 13 heavy (non-hydrogen) atoms. The Kier molecular flexibility index (Phi) is 2.15. The molecule has 0 heterocycles. The van der Waals surface area contributed by atoms with Crippen LogP contribution in [0.1, 0.15) is 11.1 Å². The van der Waals surface area contributed by atoms with Crippen LogP contribution in [0.5, 0.6) is 0 Å². The first-order valence-electron chi connectivity index (χ1n) is 4.81. The monoisotopic (exact) mass is 254 g/mol. The second kappa shape index (κ2) is 2.96. The fraction of sp³-hybridized carbons (Fsp3) is 0.455. The molecule has 0 saturated heterocycles. The summed E-state index contributed by atoms with van der Waals surface area (Å²) in [7, 11) is -1.15. The van der Waals surface area contributed by atoms with Gasteiger partial charge in [-0.15, -0.1) is 0 Å². The second-order valence-electron chi connectivity index (χ2n) is 4.81. The molecule has 0 spiro atoms. The van der Waals surface area contributed by atoms with Gasteiger partial charge >= 0.3 is 0 Å². The van der Waals surface area contributed by atoms with E-state index in [0.717, 1.165) is 0 Å². The van der Waals surface area contributed by atoms with Crippen molar-refractivity contribution in [1.82, 2.24) is 0 Å². The molecule has 0 atom stereocenters. The molecule has 2 rings (SSSR count). The molecule has 1 aliphatic carbocycles. The summed E-state index contributed by atoms with van der Waals surface area (Å²) in [5.41, 5.74) is 3.23. The van der Waals surface area contributed by atoms with E-state index >= 15 is 0 Å². The van der Waals surface area contributed by atoms with Gasteiger partial charge in [-0.3, -0.25) is 0 Å². The van der Waals surface area contributed by atoms with Gasteiger partial charge in [0.15, 0.2) is 0 Å². The fourth-order valence-corrected chi connectivity index (χ4v) is 6.22. The van der Waals surface area contributed by atoms with Crippen LogP contribution < -0.4 is 5.19 Å². The molecule has 0 nitrogen and oxygen atoms in total. The van der Waals surface area contributed by atoms with Crippen LogP contribution in [-0.2, 0) is 12.8 Å². The molecule has 70 valence electrons. The Hall–Kier alpha value is -0.0831. The Bertz CT molecular complexity index is 350. The van der Waals surface area contributed by atoms with Crippen LogP contribution in [0, 0.1) is 0 Å². The van der Waals surface area contributed by atoms with Crippen molar-refractivity contribution >= 4 is 29.2 Å². The van der Waals surface area contributed by atoms with Gasteiger partial charge in [-0.25, -0.2) is 0 Å². The molecule has 1 aromatic carbocycles. The molecule has 0 aromatic heterocycles. The highest BCUT2D eigenvalue weighted by atomic mass is 79.9. The summed E-state index contributed by atoms with van der Waals surface area (Å²) in [6.07, 6.45) is 2.59. The largest absolute Gasteiger partial charge is 0.0794 e. The van der Waals surface area contributed by atoms with Crippen molar-refractivity contribution in [2.45, 2.75) is 32.5 Å². The summed E-state index contributed by atoms with van der Waals surface area (Å²) in [4.78, 5) is 0. The SMILES string of the molecule is C[Si](C)(C)c1c(Br)ccc2c1CC2. The zero-order chi connectivity index (χ0) is 9.64. The smallest absolute Gasteiger partial charge is 0.0656 e. The second-order valence-corrected chi connectivity index (χ2v) is 10.7. The number of hydrogen-bond donors (Lipinski definition) is 0. The summed E-state index contributed by atoms with van der Waals surface area (Å²) in [6, 6.07) is 4.50. The van der Waals surface area contributed by atoms with E-state index in [2.05, 4.69) is 47.7 Å². The Morgan fingerprint density at radius 1 is 1.15 bits per heavy atom. The predicted molar refractivity (Wildman–Crippen MR) is 64.5 cm³/mol. The van der Waals surface area contributed by atoms with E-state index in [4.69, 9.17) is 0 Å². The van der Waals surface area contributed by atoms with Gasteiger partial charge in [-0.05, 0) is 35.2 Å². The number of halogens is 1. The summed E-state index contributed by atoms with van der Waals surface area (Å²) in [5, 5.41) is 1.65. The van der Waals surface area contributed by atoms with Gasteiger partial charge < -0.3 is 0 Å². The summed E-state index contributed by atoms with van der Waals surface area (Å²) in [6.45, 7) is 7.27. The van der Waals surface area contributed by atoms with Gasteiger partial charge in [-0.1, -0.05) is 41.6 Å². The van der Waals surface area contributed by atoms with Crippen molar-refractivity contribution in [2.24, 2.45) is 0 Å². The molecule has 1 aromatic rings. The highest BCUT2D eigenvalue weighted by Gasteiger charge is 2.27. The first-order valence-corrected chi connectivity index (χ1v) is 9.10. The number of fused-ring (bicyclic) bond motifs is 1. The van der Waals surface area contributed by atoms with Gasteiger partial charge in [0, 0.05) is 4.47 Å². The van der Waals surface area contributed by atoms with Gasteiger partial charge in [-0.2, -0.15) is 0 Å². The van der Waals surface area contributed by atoms with E-state index in [0.29, 0.717) is 0 Å². The average molecular weight is 255 g/mol. The highest BCUT2D eigenvalue weighted by molar-refractivity contribution is 9.10. The number of rotatable bonds is 1. The maximum Gasteiger partial charge on any atom is 0.0794 e. The first kappa shape index (κ1) is 9.47. The van der Waals surface area contributed by atoms with E-state index in [1.807, 2.05) is 0 Å². The molecular weight excluding hydrogens is 240 g/mol. The maximum atomic E-state index is 3.69. The lowest BCUT2D eigenvalue weighted by atomic mass is 9.89. The van der Waals surface area contributed by atoms with Crippen LogP contribution in [-0.4, -0.2) is 8.07 Å². The third-order valence-corrected chi connectivity index (χ3v) is 5.85. The Labute approximate surface area is 89.5 Å². The van der Waals surface area contributed by atoms with Gasteiger partial charge in [0.05, 0.1) is 8.07 Å². The van der Waals surface area contributed by atoms with Crippen LogP contribution in [0.3, 0.4) is 0 Å². The highest BCUT2D eigenvalue weighted by Crippen LogP contribution is 2.27. The van der Waals surface area contributed by atoms with Crippen molar-refractivity contribution in [3.05, 3.63) is 27.7 Å². The van der Waals surface area contributed by atoms with Gasteiger partial charge in [0.25, 0.3) is 0 Å². The molecule has 2 heteroatoms. The molecular formula is C11H15BrSi. The first-order chi connectivity index (χ1) is 6.00. The van der Waals surface area contributed by atoms with Crippen molar-refractivity contribution in [3.63, 3.8) is 0 Å². The van der Waals surface area contributed by atoms with Crippen LogP contribution in [0.15, 0.2) is 16.6 Å². The molecule has 0 amide bonds. The van der Waals surface area contributed by atoms with E-state index in [1.165, 1.54) is 17.3 Å². The Morgan fingerprint density at radius 3 is 2.23 bits per heavy atom. The molecule has 0 N–H and O–H groups in total. The number of benzene rings is 1. The third kappa shape index (κ3) is 1.50. The van der Waals surface area contributed by atoms with E-state index in [9.17, 15) is 0 Å². The summed E-state index contributed by atoms with van der Waals surface area (Å²) < 4.78 is 1.34. The lowest BCUT2D eigenvalue weighted by molar-refractivity contribution is 0.845. The predicted octanol–water partition coefficient (Wildman–Crippen LogP) is 3.09. The minimum atomic E-state index is -1.15. The average Bonchev–Trinajstić information content (AvgIpc) is 1.93. The van der Waals surface area contributed by atoms with Crippen molar-refractivity contribution in [2.75, 3.05) is 0 Å². The van der Waals surface area contributed by atoms with E-state index in [-0.39, 0.29) is 0 Å². The Balaban J connectivity index is 2.62. The van der Waals surface area contributed by atoms with E-state index in [1.54, 1.807) is 16.3 Å². The Morgan fingerprint density at radius 2 is 1.85 bits per heavy atom. The standard InChI is InChI=1S/C11H15BrSi/c1-13(2,3)11-9-6-4-8(9)5-7-10(11)12/h5,7H,4,6H2,1-3H3. The van der Waals surface area contributed by atoms with Crippen molar-refractivity contribution in [3.8, 4) is 0 Å². The summed E-state index contributed by atoms with van der Waals surface area (Å²) >= 11 is 3.69. The van der Waals surface area contributed by atoms with Gasteiger partial charge in [0.1, 0.15) is 0 Å². The quantitative estimate of drug-likeness (QED) is 0.676. The normalized spacial score (nSPS) is 15.1. The van der Waals surface area contributed by atoms with Crippen LogP contribution >= 0.6 is 15.9 Å². The molecule has 0 aliphatic heterocycles. The van der Waals surface area contributed by atoms with Gasteiger partial charge in [0.2, 0.25) is 0 Å².